The molecule has 6 heteroatoms. The number of nitrogens with two attached hydrogens (primary N) is 1. The zero-order valence-corrected chi connectivity index (χ0v) is 11.7. The van der Waals surface area contributed by atoms with Crippen LogP contribution in [0, 0.1) is 5.41 Å². The number of nitrogens with one attached hydrogen (secondary N) is 1. The number of nitrogens with zero attached hydrogens (tertiary/aromatic N) is 3. The van der Waals surface area contributed by atoms with E-state index in [1.54, 1.807) is 18.5 Å². The molecule has 2 aromatic heterocycles. The van der Waals surface area contributed by atoms with Crippen molar-refractivity contribution in [3.63, 3.8) is 0 Å². The van der Waals surface area contributed by atoms with Crippen LogP contribution in [0.25, 0.3) is 0 Å². The van der Waals surface area contributed by atoms with Crippen molar-refractivity contribution in [2.24, 2.45) is 5.73 Å². The van der Waals surface area contributed by atoms with Crippen molar-refractivity contribution >= 4 is 23.3 Å². The summed E-state index contributed by atoms with van der Waals surface area (Å²) in [6, 6.07) is 7.56. The van der Waals surface area contributed by atoms with Gasteiger partial charge in [0.15, 0.2) is 0 Å². The number of amidine groups is 1. The highest BCUT2D eigenvalue weighted by Gasteiger charge is 2.09. The molecule has 0 aliphatic carbocycles. The highest BCUT2D eigenvalue weighted by molar-refractivity contribution is 6.30. The van der Waals surface area contributed by atoms with Crippen LogP contribution < -0.4 is 10.6 Å². The monoisotopic (exact) mass is 289 g/mol. The minimum Gasteiger partial charge on any atom is -0.388 e. The summed E-state index contributed by atoms with van der Waals surface area (Å²) in [5.41, 5.74) is 6.52. The van der Waals surface area contributed by atoms with Gasteiger partial charge in [0.1, 0.15) is 5.82 Å². The summed E-state index contributed by atoms with van der Waals surface area (Å²) in [5.74, 6) is 0.967. The van der Waals surface area contributed by atoms with E-state index in [2.05, 4.69) is 14.9 Å². The van der Waals surface area contributed by atoms with Gasteiger partial charge in [-0.25, -0.2) is 4.98 Å². The Morgan fingerprint density at radius 2 is 2.15 bits per heavy atom. The van der Waals surface area contributed by atoms with Gasteiger partial charge < -0.3 is 10.6 Å². The van der Waals surface area contributed by atoms with Crippen LogP contribution in [0.4, 0.5) is 5.82 Å². The number of pyridine rings is 2. The second-order valence-corrected chi connectivity index (χ2v) is 4.83. The van der Waals surface area contributed by atoms with Gasteiger partial charge in [0.05, 0.1) is 10.9 Å². The predicted molar refractivity (Wildman–Crippen MR) is 81.1 cm³/mol. The van der Waals surface area contributed by atoms with E-state index in [9.17, 15) is 0 Å². The molecule has 104 valence electrons. The van der Waals surface area contributed by atoms with Crippen LogP contribution in [0.15, 0.2) is 42.9 Å². The Bertz CT molecular complexity index is 556. The van der Waals surface area contributed by atoms with E-state index in [-0.39, 0.29) is 5.84 Å². The quantitative estimate of drug-likeness (QED) is 0.632. The number of hydrogen-bond donors (Lipinski definition) is 2. The van der Waals surface area contributed by atoms with Crippen molar-refractivity contribution in [1.29, 1.82) is 5.41 Å². The van der Waals surface area contributed by atoms with E-state index >= 15 is 0 Å². The lowest BCUT2D eigenvalue weighted by molar-refractivity contribution is 0.784. The molecule has 0 aliphatic heterocycles. The maximum atomic E-state index is 7.36. The largest absolute Gasteiger partial charge is 0.388 e. The highest BCUT2D eigenvalue weighted by Crippen LogP contribution is 2.17. The summed E-state index contributed by atoms with van der Waals surface area (Å²) in [4.78, 5) is 10.5. The van der Waals surface area contributed by atoms with Crippen LogP contribution in [0.1, 0.15) is 12.0 Å². The minimum atomic E-state index is 0.162. The van der Waals surface area contributed by atoms with Crippen LogP contribution in [0.2, 0.25) is 5.02 Å². The zero-order valence-electron chi connectivity index (χ0n) is 11.0. The summed E-state index contributed by atoms with van der Waals surface area (Å²) in [7, 11) is 0. The van der Waals surface area contributed by atoms with Crippen molar-refractivity contribution < 1.29 is 0 Å². The third-order valence-corrected chi connectivity index (χ3v) is 3.01. The van der Waals surface area contributed by atoms with Gasteiger partial charge in [-0.1, -0.05) is 17.7 Å². The van der Waals surface area contributed by atoms with E-state index in [1.165, 1.54) is 0 Å². The molecule has 0 saturated heterocycles. The first-order chi connectivity index (χ1) is 9.65. The van der Waals surface area contributed by atoms with Gasteiger partial charge in [0, 0.05) is 38.1 Å². The summed E-state index contributed by atoms with van der Waals surface area (Å²) in [6.07, 6.45) is 5.66. The summed E-state index contributed by atoms with van der Waals surface area (Å²) in [6.45, 7) is 1.29. The van der Waals surface area contributed by atoms with Crippen LogP contribution in [-0.4, -0.2) is 22.3 Å². The predicted octanol–water partition coefficient (Wildman–Crippen LogP) is 2.46. The summed E-state index contributed by atoms with van der Waals surface area (Å²) < 4.78 is 0. The van der Waals surface area contributed by atoms with Crippen LogP contribution in [-0.2, 0) is 6.54 Å². The van der Waals surface area contributed by atoms with Crippen molar-refractivity contribution in [3.8, 4) is 0 Å². The van der Waals surface area contributed by atoms with Crippen LogP contribution >= 0.6 is 11.6 Å². The Hall–Kier alpha value is -2.14. The van der Waals surface area contributed by atoms with Crippen molar-refractivity contribution in [2.75, 3.05) is 11.4 Å². The molecule has 3 N–H and O–H groups in total. The SMILES string of the molecule is N=C(N)CCN(Cc1cccnc1)c1ccc(Cl)cn1. The summed E-state index contributed by atoms with van der Waals surface area (Å²) >= 11 is 5.86. The third kappa shape index (κ3) is 4.20. The number of halogens is 1. The van der Waals surface area contributed by atoms with Gasteiger partial charge in [-0.3, -0.25) is 10.4 Å². The van der Waals surface area contributed by atoms with Crippen LogP contribution in [0.5, 0.6) is 0 Å². The standard InChI is InChI=1S/C14H16ClN5/c15-12-3-4-14(19-9-12)20(7-5-13(16)17)10-11-2-1-6-18-8-11/h1-4,6,8-9H,5,7,10H2,(H3,16,17). The Morgan fingerprint density at radius 3 is 2.75 bits per heavy atom. The fraction of sp³-hybridized carbons (Fsp3) is 0.214. The van der Waals surface area contributed by atoms with Crippen molar-refractivity contribution in [3.05, 3.63) is 53.4 Å². The smallest absolute Gasteiger partial charge is 0.128 e. The van der Waals surface area contributed by atoms with E-state index in [0.717, 1.165) is 11.4 Å². The molecule has 5 nitrogen and oxygen atoms in total. The van der Waals surface area contributed by atoms with E-state index in [0.29, 0.717) is 24.5 Å². The molecule has 2 heterocycles. The average Bonchev–Trinajstić information content (AvgIpc) is 2.45. The molecule has 0 atom stereocenters. The number of rotatable bonds is 6. The molecule has 0 fully saturated rings. The van der Waals surface area contributed by atoms with Gasteiger partial charge in [-0.2, -0.15) is 0 Å². The molecule has 2 rings (SSSR count). The molecule has 20 heavy (non-hydrogen) atoms. The molecule has 0 saturated carbocycles. The number of anilines is 1. The molecule has 0 unspecified atom stereocenters. The van der Waals surface area contributed by atoms with E-state index in [4.69, 9.17) is 22.7 Å². The van der Waals surface area contributed by atoms with Gasteiger partial charge in [0.2, 0.25) is 0 Å². The Balaban J connectivity index is 2.15. The number of aromatic nitrogens is 2. The van der Waals surface area contributed by atoms with Gasteiger partial charge in [-0.15, -0.1) is 0 Å². The summed E-state index contributed by atoms with van der Waals surface area (Å²) in [5, 5.41) is 7.96. The third-order valence-electron chi connectivity index (χ3n) is 2.78. The van der Waals surface area contributed by atoms with Gasteiger partial charge in [-0.05, 0) is 23.8 Å². The first kappa shape index (κ1) is 14.3. The highest BCUT2D eigenvalue weighted by atomic mass is 35.5. The Morgan fingerprint density at radius 1 is 1.30 bits per heavy atom. The first-order valence-electron chi connectivity index (χ1n) is 6.23. The Kier molecular flexibility index (Phi) is 4.90. The fourth-order valence-electron chi connectivity index (χ4n) is 1.80. The lowest BCUT2D eigenvalue weighted by Gasteiger charge is -2.23. The molecule has 0 aromatic carbocycles. The maximum Gasteiger partial charge on any atom is 0.128 e. The zero-order chi connectivity index (χ0) is 14.4. The molecule has 0 spiro atoms. The lowest BCUT2D eigenvalue weighted by Crippen LogP contribution is -2.28. The molecule has 0 bridgehead atoms. The van der Waals surface area contributed by atoms with Crippen molar-refractivity contribution in [2.45, 2.75) is 13.0 Å². The molecule has 0 radical (unpaired) electrons. The molecular weight excluding hydrogens is 274 g/mol. The van der Waals surface area contributed by atoms with Crippen LogP contribution in [0.3, 0.4) is 0 Å². The number of hydrogen-bond acceptors (Lipinski definition) is 4. The van der Waals surface area contributed by atoms with Gasteiger partial charge >= 0.3 is 0 Å². The second-order valence-electron chi connectivity index (χ2n) is 4.39. The van der Waals surface area contributed by atoms with Gasteiger partial charge in [0.25, 0.3) is 0 Å². The normalized spacial score (nSPS) is 10.2. The second kappa shape index (κ2) is 6.86. The Labute approximate surface area is 122 Å². The average molecular weight is 290 g/mol. The molecule has 0 amide bonds. The van der Waals surface area contributed by atoms with Crippen molar-refractivity contribution in [1.82, 2.24) is 9.97 Å². The first-order valence-corrected chi connectivity index (χ1v) is 6.61. The molecule has 2 aromatic rings. The minimum absolute atomic E-state index is 0.162. The topological polar surface area (TPSA) is 78.9 Å². The molecular formula is C14H16ClN5. The van der Waals surface area contributed by atoms with E-state index < -0.39 is 0 Å². The fourth-order valence-corrected chi connectivity index (χ4v) is 1.91. The van der Waals surface area contributed by atoms with E-state index in [1.807, 2.05) is 24.4 Å². The maximum absolute atomic E-state index is 7.36. The lowest BCUT2D eigenvalue weighted by atomic mass is 10.2. The molecule has 0 aliphatic rings.